The number of hydrogen-bond donors (Lipinski definition) is 0. The lowest BCUT2D eigenvalue weighted by molar-refractivity contribution is -0.115. The van der Waals surface area contributed by atoms with Crippen molar-refractivity contribution in [1.82, 2.24) is 4.98 Å². The number of nitrogens with zero attached hydrogens (tertiary/aromatic N) is 2. The Balaban J connectivity index is 1.70. The second-order valence-corrected chi connectivity index (χ2v) is 8.64. The van der Waals surface area contributed by atoms with Gasteiger partial charge in [0.25, 0.3) is 0 Å². The van der Waals surface area contributed by atoms with Gasteiger partial charge in [-0.05, 0) is 43.2 Å². The summed E-state index contributed by atoms with van der Waals surface area (Å²) in [7, 11) is 0. The normalized spacial score (nSPS) is 10.8. The summed E-state index contributed by atoms with van der Waals surface area (Å²) in [4.78, 5) is 18.7. The highest BCUT2D eigenvalue weighted by Gasteiger charge is 2.19. The highest BCUT2D eigenvalue weighted by molar-refractivity contribution is 7.97. The van der Waals surface area contributed by atoms with E-state index < -0.39 is 0 Å². The van der Waals surface area contributed by atoms with Gasteiger partial charge in [0.15, 0.2) is 5.13 Å². The van der Waals surface area contributed by atoms with Crippen LogP contribution in [0.15, 0.2) is 47.8 Å². The quantitative estimate of drug-likeness (QED) is 0.457. The molecule has 0 aliphatic rings. The van der Waals surface area contributed by atoms with Crippen molar-refractivity contribution >= 4 is 51.4 Å². The number of benzene rings is 2. The summed E-state index contributed by atoms with van der Waals surface area (Å²) in [5, 5.41) is 3.50. The number of halogens is 1. The third-order valence-electron chi connectivity index (χ3n) is 4.07. The average Bonchev–Trinajstić information content (AvgIpc) is 3.07. The molecular weight excluding hydrogens is 396 g/mol. The van der Waals surface area contributed by atoms with Crippen LogP contribution in [-0.2, 0) is 16.3 Å². The highest BCUT2D eigenvalue weighted by atomic mass is 35.5. The van der Waals surface area contributed by atoms with E-state index in [2.05, 4.69) is 6.07 Å². The van der Waals surface area contributed by atoms with E-state index in [0.29, 0.717) is 0 Å². The van der Waals surface area contributed by atoms with Crippen LogP contribution in [0.2, 0.25) is 5.02 Å². The summed E-state index contributed by atoms with van der Waals surface area (Å²) in [6, 6.07) is 14.0. The first-order chi connectivity index (χ1) is 12.9. The zero-order valence-electron chi connectivity index (χ0n) is 15.5. The van der Waals surface area contributed by atoms with Crippen molar-refractivity contribution in [1.29, 1.82) is 0 Å². The zero-order chi connectivity index (χ0) is 19.4. The summed E-state index contributed by atoms with van der Waals surface area (Å²) >= 11 is 9.22. The molecule has 1 aromatic heterocycles. The monoisotopic (exact) mass is 416 g/mol. The van der Waals surface area contributed by atoms with Crippen LogP contribution in [0.25, 0.3) is 0 Å². The van der Waals surface area contributed by atoms with E-state index in [-0.39, 0.29) is 5.91 Å². The topological polar surface area (TPSA) is 33.2 Å². The average molecular weight is 417 g/mol. The fourth-order valence-corrected chi connectivity index (χ4v) is 4.78. The Bertz CT molecular complexity index is 938. The molecule has 0 aliphatic heterocycles. The molecule has 3 aromatic rings. The number of amides is 1. The molecule has 1 amide bonds. The number of aryl methyl sites for hydroxylation is 2. The Morgan fingerprint density at radius 1 is 1.15 bits per heavy atom. The van der Waals surface area contributed by atoms with Gasteiger partial charge in [-0.3, -0.25) is 9.69 Å². The number of carbonyl (C=O) groups is 1. The molecule has 0 unspecified atom stereocenters. The summed E-state index contributed by atoms with van der Waals surface area (Å²) < 4.78 is 0. The fraction of sp³-hybridized carbons (Fsp3) is 0.238. The van der Waals surface area contributed by atoms with E-state index in [1.165, 1.54) is 22.5 Å². The van der Waals surface area contributed by atoms with Crippen molar-refractivity contribution in [2.75, 3.05) is 4.90 Å². The van der Waals surface area contributed by atoms with Crippen molar-refractivity contribution in [2.24, 2.45) is 0 Å². The van der Waals surface area contributed by atoms with Gasteiger partial charge in [-0.1, -0.05) is 41.4 Å². The predicted octanol–water partition coefficient (Wildman–Crippen LogP) is 6.53. The largest absolute Gasteiger partial charge is 0.274 e. The Kier molecular flexibility index (Phi) is 6.58. The molecule has 3 nitrogen and oxygen atoms in total. The minimum Gasteiger partial charge on any atom is -0.274 e. The van der Waals surface area contributed by atoms with Crippen LogP contribution in [-0.4, -0.2) is 10.9 Å². The molecule has 6 heteroatoms. The van der Waals surface area contributed by atoms with Crippen molar-refractivity contribution in [2.45, 2.75) is 32.3 Å². The maximum absolute atomic E-state index is 12.3. The van der Waals surface area contributed by atoms with Crippen LogP contribution in [0, 0.1) is 13.8 Å². The Morgan fingerprint density at radius 2 is 1.89 bits per heavy atom. The molecule has 27 heavy (non-hydrogen) atoms. The Hall–Kier alpha value is -1.82. The molecule has 0 N–H and O–H groups in total. The minimum absolute atomic E-state index is 0.0309. The van der Waals surface area contributed by atoms with E-state index in [9.17, 15) is 4.79 Å². The first-order valence-electron chi connectivity index (χ1n) is 8.58. The second-order valence-electron chi connectivity index (χ2n) is 6.39. The molecule has 0 saturated heterocycles. The molecular formula is C21H21ClN2OS2. The molecule has 0 aliphatic carbocycles. The van der Waals surface area contributed by atoms with Gasteiger partial charge in [-0.15, -0.1) is 11.3 Å². The predicted molar refractivity (Wildman–Crippen MR) is 117 cm³/mol. The maximum Gasteiger partial charge on any atom is 0.230 e. The number of aromatic nitrogens is 1. The van der Waals surface area contributed by atoms with Crippen LogP contribution in [0.1, 0.15) is 29.3 Å². The van der Waals surface area contributed by atoms with Crippen LogP contribution in [0.3, 0.4) is 0 Å². The molecule has 2 aromatic carbocycles. The molecule has 140 valence electrons. The number of thioether (sulfide) groups is 1. The van der Waals surface area contributed by atoms with Gasteiger partial charge in [0.2, 0.25) is 5.91 Å². The third kappa shape index (κ3) is 5.12. The van der Waals surface area contributed by atoms with Gasteiger partial charge in [0.05, 0.1) is 11.4 Å². The van der Waals surface area contributed by atoms with Crippen molar-refractivity contribution < 1.29 is 4.79 Å². The first-order valence-corrected chi connectivity index (χ1v) is 11.0. The third-order valence-corrected chi connectivity index (χ3v) is 6.23. The molecule has 3 rings (SSSR count). The molecule has 0 bridgehead atoms. The van der Waals surface area contributed by atoms with Gasteiger partial charge in [0.1, 0.15) is 0 Å². The lowest BCUT2D eigenvalue weighted by Crippen LogP contribution is -2.23. The van der Waals surface area contributed by atoms with E-state index >= 15 is 0 Å². The molecule has 0 atom stereocenters. The molecule has 0 spiro atoms. The van der Waals surface area contributed by atoms with E-state index in [1.54, 1.807) is 23.6 Å². The lowest BCUT2D eigenvalue weighted by Gasteiger charge is -2.20. The molecule has 0 radical (unpaired) electrons. The van der Waals surface area contributed by atoms with Gasteiger partial charge in [-0.2, -0.15) is 11.8 Å². The van der Waals surface area contributed by atoms with Crippen LogP contribution >= 0.6 is 34.7 Å². The van der Waals surface area contributed by atoms with Crippen LogP contribution in [0.5, 0.6) is 0 Å². The van der Waals surface area contributed by atoms with Gasteiger partial charge in [0, 0.05) is 28.8 Å². The van der Waals surface area contributed by atoms with Crippen molar-refractivity contribution in [3.63, 3.8) is 0 Å². The summed E-state index contributed by atoms with van der Waals surface area (Å²) in [6.45, 7) is 5.65. The maximum atomic E-state index is 12.3. The van der Waals surface area contributed by atoms with E-state index in [1.807, 2.05) is 55.6 Å². The van der Waals surface area contributed by atoms with E-state index in [0.717, 1.165) is 38.6 Å². The molecule has 0 fully saturated rings. The van der Waals surface area contributed by atoms with Crippen molar-refractivity contribution in [3.05, 3.63) is 75.3 Å². The van der Waals surface area contributed by atoms with Gasteiger partial charge in [-0.25, -0.2) is 4.98 Å². The highest BCUT2D eigenvalue weighted by Crippen LogP contribution is 2.32. The van der Waals surface area contributed by atoms with Gasteiger partial charge >= 0.3 is 0 Å². The zero-order valence-corrected chi connectivity index (χ0v) is 17.9. The fourth-order valence-electron chi connectivity index (χ4n) is 2.78. The summed E-state index contributed by atoms with van der Waals surface area (Å²) in [6.07, 6.45) is 0. The Labute approximate surface area is 173 Å². The lowest BCUT2D eigenvalue weighted by atomic mass is 10.1. The number of carbonyl (C=O) groups excluding carboxylic acids is 1. The molecule has 1 heterocycles. The standard InChI is InChI=1S/C21H21ClN2OS2/c1-14-4-9-20(15(2)10-14)24(16(3)25)21-23-19(13-27-21)12-26-11-17-5-7-18(22)8-6-17/h4-10,13H,11-12H2,1-3H3. The number of rotatable bonds is 6. The van der Waals surface area contributed by atoms with Crippen LogP contribution in [0.4, 0.5) is 10.8 Å². The number of thiazole rings is 1. The summed E-state index contributed by atoms with van der Waals surface area (Å²) in [5.41, 5.74) is 5.37. The van der Waals surface area contributed by atoms with Gasteiger partial charge < -0.3 is 0 Å². The van der Waals surface area contributed by atoms with Crippen molar-refractivity contribution in [3.8, 4) is 0 Å². The number of hydrogen-bond acceptors (Lipinski definition) is 4. The smallest absolute Gasteiger partial charge is 0.230 e. The summed E-state index contributed by atoms with van der Waals surface area (Å²) in [5.74, 6) is 1.67. The van der Waals surface area contributed by atoms with E-state index in [4.69, 9.17) is 16.6 Å². The Morgan fingerprint density at radius 3 is 2.56 bits per heavy atom. The molecule has 0 saturated carbocycles. The first kappa shape index (κ1) is 19.9. The van der Waals surface area contributed by atoms with Crippen LogP contribution < -0.4 is 4.90 Å². The SMILES string of the molecule is CC(=O)N(c1nc(CSCc2ccc(Cl)cc2)cs1)c1ccc(C)cc1C. The number of anilines is 2. The minimum atomic E-state index is -0.0309. The second kappa shape index (κ2) is 8.91.